The summed E-state index contributed by atoms with van der Waals surface area (Å²) >= 11 is 0. The fourth-order valence-electron chi connectivity index (χ4n) is 2.73. The van der Waals surface area contributed by atoms with E-state index < -0.39 is 0 Å². The number of aryl methyl sites for hydroxylation is 1. The first-order chi connectivity index (χ1) is 8.84. The van der Waals surface area contributed by atoms with Crippen molar-refractivity contribution in [2.75, 3.05) is 0 Å². The third-order valence-corrected chi connectivity index (χ3v) is 3.68. The normalized spacial score (nSPS) is 14.2. The Morgan fingerprint density at radius 3 is 2.56 bits per heavy atom. The summed E-state index contributed by atoms with van der Waals surface area (Å²) in [4.78, 5) is 12.1. The molecule has 0 amide bonds. The Hall–Kier alpha value is -1.83. The number of hydrogen-bond acceptors (Lipinski definition) is 1. The van der Waals surface area contributed by atoms with Gasteiger partial charge in [0.15, 0.2) is 0 Å². The third kappa shape index (κ3) is 2.10. The number of rotatable bonds is 2. The van der Waals surface area contributed by atoms with Gasteiger partial charge in [-0.05, 0) is 36.8 Å². The number of benzene rings is 1. The van der Waals surface area contributed by atoms with Gasteiger partial charge in [0.05, 0.1) is 6.54 Å². The predicted octanol–water partition coefficient (Wildman–Crippen LogP) is 2.78. The smallest absolute Gasteiger partial charge is 0.251 e. The maximum Gasteiger partial charge on any atom is 0.251 e. The Bertz CT molecular complexity index is 598. The zero-order valence-electron chi connectivity index (χ0n) is 10.4. The largest absolute Gasteiger partial charge is 0.308 e. The molecule has 1 aromatic carbocycles. The summed E-state index contributed by atoms with van der Waals surface area (Å²) in [6, 6.07) is 13.9. The lowest BCUT2D eigenvalue weighted by atomic mass is 9.95. The number of fused-ring (bicyclic) bond motifs is 1. The van der Waals surface area contributed by atoms with Gasteiger partial charge in [-0.1, -0.05) is 36.4 Å². The van der Waals surface area contributed by atoms with Crippen LogP contribution in [0.5, 0.6) is 0 Å². The second-order valence-electron chi connectivity index (χ2n) is 4.92. The third-order valence-electron chi connectivity index (χ3n) is 3.68. The van der Waals surface area contributed by atoms with Gasteiger partial charge in [-0.15, -0.1) is 0 Å². The van der Waals surface area contributed by atoms with E-state index in [2.05, 4.69) is 12.1 Å². The van der Waals surface area contributed by atoms with Crippen LogP contribution in [0.1, 0.15) is 29.7 Å². The van der Waals surface area contributed by atoms with Crippen molar-refractivity contribution in [3.05, 3.63) is 69.6 Å². The minimum absolute atomic E-state index is 0.125. The number of aromatic nitrogens is 1. The van der Waals surface area contributed by atoms with Crippen molar-refractivity contribution in [1.29, 1.82) is 0 Å². The summed E-state index contributed by atoms with van der Waals surface area (Å²) in [5.41, 5.74) is 3.92. The lowest BCUT2D eigenvalue weighted by molar-refractivity contribution is 0.602. The molecule has 3 rings (SSSR count). The maximum absolute atomic E-state index is 12.1. The average molecular weight is 239 g/mol. The van der Waals surface area contributed by atoms with Gasteiger partial charge in [0.25, 0.3) is 5.56 Å². The zero-order chi connectivity index (χ0) is 12.4. The predicted molar refractivity (Wildman–Crippen MR) is 72.9 cm³/mol. The topological polar surface area (TPSA) is 22.0 Å². The van der Waals surface area contributed by atoms with Crippen molar-refractivity contribution in [2.45, 2.75) is 32.2 Å². The highest BCUT2D eigenvalue weighted by molar-refractivity contribution is 5.25. The van der Waals surface area contributed by atoms with Crippen molar-refractivity contribution in [1.82, 2.24) is 4.57 Å². The molecule has 0 radical (unpaired) electrons. The van der Waals surface area contributed by atoms with Crippen molar-refractivity contribution < 1.29 is 0 Å². The van der Waals surface area contributed by atoms with Gasteiger partial charge in [0.1, 0.15) is 0 Å². The second-order valence-corrected chi connectivity index (χ2v) is 4.92. The fraction of sp³-hybridized carbons (Fsp3) is 0.312. The van der Waals surface area contributed by atoms with Crippen LogP contribution in [0.2, 0.25) is 0 Å². The molecule has 0 spiro atoms. The minimum atomic E-state index is 0.125. The molecule has 0 unspecified atom stereocenters. The van der Waals surface area contributed by atoms with Crippen LogP contribution >= 0.6 is 0 Å². The van der Waals surface area contributed by atoms with Crippen LogP contribution in [0, 0.1) is 0 Å². The van der Waals surface area contributed by atoms with Crippen LogP contribution in [0.3, 0.4) is 0 Å². The van der Waals surface area contributed by atoms with E-state index in [-0.39, 0.29) is 5.56 Å². The van der Waals surface area contributed by atoms with E-state index in [0.717, 1.165) is 12.8 Å². The van der Waals surface area contributed by atoms with E-state index in [1.807, 2.05) is 28.8 Å². The van der Waals surface area contributed by atoms with Gasteiger partial charge < -0.3 is 4.57 Å². The van der Waals surface area contributed by atoms with Crippen LogP contribution in [0.15, 0.2) is 47.3 Å². The Balaban J connectivity index is 2.03. The maximum atomic E-state index is 12.1. The van der Waals surface area contributed by atoms with Crippen LogP contribution in [0.4, 0.5) is 0 Å². The zero-order valence-corrected chi connectivity index (χ0v) is 10.4. The lowest BCUT2D eigenvalue weighted by Crippen LogP contribution is -2.26. The summed E-state index contributed by atoms with van der Waals surface area (Å²) in [7, 11) is 0. The molecule has 0 fully saturated rings. The number of nitrogens with zero attached hydrogens (tertiary/aromatic N) is 1. The first kappa shape index (κ1) is 11.3. The van der Waals surface area contributed by atoms with E-state index >= 15 is 0 Å². The molecular weight excluding hydrogens is 222 g/mol. The molecule has 0 saturated carbocycles. The van der Waals surface area contributed by atoms with E-state index in [9.17, 15) is 4.79 Å². The summed E-state index contributed by atoms with van der Waals surface area (Å²) < 4.78 is 1.95. The number of pyridine rings is 1. The molecular formula is C16H17NO. The van der Waals surface area contributed by atoms with Gasteiger partial charge in [-0.2, -0.15) is 0 Å². The summed E-state index contributed by atoms with van der Waals surface area (Å²) in [6.45, 7) is 0.697. The van der Waals surface area contributed by atoms with Crippen molar-refractivity contribution in [3.8, 4) is 0 Å². The molecule has 0 N–H and O–H groups in total. The van der Waals surface area contributed by atoms with E-state index in [4.69, 9.17) is 0 Å². The molecule has 2 aromatic rings. The quantitative estimate of drug-likeness (QED) is 0.790. The number of hydrogen-bond donors (Lipinski definition) is 0. The molecule has 2 heteroatoms. The molecule has 2 nitrogen and oxygen atoms in total. The van der Waals surface area contributed by atoms with E-state index in [0.29, 0.717) is 6.54 Å². The van der Waals surface area contributed by atoms with Gasteiger partial charge in [-0.3, -0.25) is 4.79 Å². The molecule has 0 bridgehead atoms. The van der Waals surface area contributed by atoms with Crippen molar-refractivity contribution in [3.63, 3.8) is 0 Å². The van der Waals surface area contributed by atoms with Crippen LogP contribution in [0.25, 0.3) is 0 Å². The Morgan fingerprint density at radius 2 is 1.72 bits per heavy atom. The minimum Gasteiger partial charge on any atom is -0.308 e. The standard InChI is InChI=1S/C16H17NO/c18-16-11-10-14-8-4-5-9-15(14)17(16)12-13-6-2-1-3-7-13/h1-3,6-7,10-11H,4-5,8-9,12H2. The highest BCUT2D eigenvalue weighted by Gasteiger charge is 2.14. The molecule has 1 aromatic heterocycles. The lowest BCUT2D eigenvalue weighted by Gasteiger charge is -2.20. The molecule has 1 aliphatic rings. The summed E-state index contributed by atoms with van der Waals surface area (Å²) in [6.07, 6.45) is 4.60. The molecule has 0 atom stereocenters. The average Bonchev–Trinajstić information content (AvgIpc) is 2.43. The molecule has 1 aliphatic carbocycles. The van der Waals surface area contributed by atoms with Crippen LogP contribution in [-0.2, 0) is 19.4 Å². The second kappa shape index (κ2) is 4.81. The van der Waals surface area contributed by atoms with Crippen LogP contribution < -0.4 is 5.56 Å². The highest BCUT2D eigenvalue weighted by Crippen LogP contribution is 2.20. The van der Waals surface area contributed by atoms with Crippen molar-refractivity contribution in [2.24, 2.45) is 0 Å². The Morgan fingerprint density at radius 1 is 0.944 bits per heavy atom. The highest BCUT2D eigenvalue weighted by atomic mass is 16.1. The Labute approximate surface area is 107 Å². The fourth-order valence-corrected chi connectivity index (χ4v) is 2.73. The molecule has 0 saturated heterocycles. The summed E-state index contributed by atoms with van der Waals surface area (Å²) in [5, 5.41) is 0. The molecule has 0 aliphatic heterocycles. The monoisotopic (exact) mass is 239 g/mol. The van der Waals surface area contributed by atoms with Gasteiger partial charge in [0.2, 0.25) is 0 Å². The molecule has 1 heterocycles. The SMILES string of the molecule is O=c1ccc2c(n1Cc1ccccc1)CCCC2. The van der Waals surface area contributed by atoms with E-state index in [1.165, 1.54) is 29.7 Å². The van der Waals surface area contributed by atoms with Gasteiger partial charge in [-0.25, -0.2) is 0 Å². The Kier molecular flexibility index (Phi) is 3.01. The van der Waals surface area contributed by atoms with Gasteiger partial charge in [0, 0.05) is 11.8 Å². The first-order valence-corrected chi connectivity index (χ1v) is 6.60. The van der Waals surface area contributed by atoms with Crippen LogP contribution in [-0.4, -0.2) is 4.57 Å². The van der Waals surface area contributed by atoms with E-state index in [1.54, 1.807) is 6.07 Å². The molecule has 92 valence electrons. The van der Waals surface area contributed by atoms with Gasteiger partial charge >= 0.3 is 0 Å². The van der Waals surface area contributed by atoms with Crippen molar-refractivity contribution >= 4 is 0 Å². The molecule has 18 heavy (non-hydrogen) atoms. The summed E-state index contributed by atoms with van der Waals surface area (Å²) in [5.74, 6) is 0. The first-order valence-electron chi connectivity index (χ1n) is 6.60.